The Bertz CT molecular complexity index is 1390. The number of rotatable bonds is 5. The summed E-state index contributed by atoms with van der Waals surface area (Å²) < 4.78 is 68.1. The molecule has 217 valence electrons. The maximum atomic E-state index is 11.4. The average molecular weight is 667 g/mol. The largest absolute Gasteiger partial charge is 0.504 e. The van der Waals surface area contributed by atoms with Crippen molar-refractivity contribution in [2.75, 3.05) is 0 Å². The first-order chi connectivity index (χ1) is 19.5. The summed E-state index contributed by atoms with van der Waals surface area (Å²) in [4.78, 5) is 9.86. The van der Waals surface area contributed by atoms with Gasteiger partial charge in [-0.15, -0.1) is 0 Å². The summed E-state index contributed by atoms with van der Waals surface area (Å²) in [6.45, 7) is 0. The Hall–Kier alpha value is -4.23. The summed E-state index contributed by atoms with van der Waals surface area (Å²) in [5.74, 6) is -5.34. The van der Waals surface area contributed by atoms with Crippen molar-refractivity contribution in [1.82, 2.24) is 0 Å². The van der Waals surface area contributed by atoms with Gasteiger partial charge in [0.1, 0.15) is 0 Å². The molecule has 0 heterocycles. The van der Waals surface area contributed by atoms with E-state index in [-0.39, 0.29) is 19.5 Å². The van der Waals surface area contributed by atoms with Crippen LogP contribution in [0.15, 0.2) is 133 Å². The first-order valence-corrected chi connectivity index (χ1v) is 12.3. The fourth-order valence-electron chi connectivity index (χ4n) is 4.30. The summed E-state index contributed by atoms with van der Waals surface area (Å²) in [5.41, 5.74) is 10.4. The van der Waals surface area contributed by atoms with Gasteiger partial charge in [0.05, 0.1) is 0 Å². The van der Waals surface area contributed by atoms with Gasteiger partial charge >= 0.3 is 12.4 Å². The molecule has 0 atom stereocenters. The minimum Gasteiger partial charge on any atom is -0.504 e. The summed E-state index contributed by atoms with van der Waals surface area (Å²) >= 11 is 0. The van der Waals surface area contributed by atoms with E-state index in [4.69, 9.17) is 5.11 Å². The van der Waals surface area contributed by atoms with E-state index in [0.717, 1.165) is 0 Å². The molecule has 0 bridgehead atoms. The van der Waals surface area contributed by atoms with Crippen molar-refractivity contribution in [2.45, 2.75) is 12.4 Å². The number of benzene rings is 4. The Morgan fingerprint density at radius 3 is 0.905 bits per heavy atom. The predicted molar refractivity (Wildman–Crippen MR) is 147 cm³/mol. The van der Waals surface area contributed by atoms with E-state index in [1.165, 1.54) is 44.5 Å². The van der Waals surface area contributed by atoms with Crippen molar-refractivity contribution in [3.05, 3.63) is 155 Å². The SMILES string of the molecule is O=C(/C=C(\O)C(F)(F)F)C(F)(F)F.[Rh].c1ccc(C2=C(c3ccccc3)C(c3ccccc3)=C2c2ccccc2)cc1. The van der Waals surface area contributed by atoms with Crippen molar-refractivity contribution in [1.29, 1.82) is 0 Å². The molecule has 1 N–H and O–H groups in total. The van der Waals surface area contributed by atoms with E-state index in [1.807, 2.05) is 0 Å². The van der Waals surface area contributed by atoms with Gasteiger partial charge in [-0.3, -0.25) is 4.79 Å². The van der Waals surface area contributed by atoms with E-state index in [2.05, 4.69) is 121 Å². The number of halogens is 6. The van der Waals surface area contributed by atoms with Crippen LogP contribution in [-0.2, 0) is 24.3 Å². The van der Waals surface area contributed by atoms with E-state index in [0.29, 0.717) is 0 Å². The molecule has 0 unspecified atom stereocenters. The van der Waals surface area contributed by atoms with Crippen molar-refractivity contribution < 1.29 is 55.7 Å². The molecule has 2 nitrogen and oxygen atoms in total. The second-order valence-corrected chi connectivity index (χ2v) is 8.85. The smallest absolute Gasteiger partial charge is 0.454 e. The molecular weight excluding hydrogens is 645 g/mol. The molecule has 1 radical (unpaired) electrons. The third kappa shape index (κ3) is 7.53. The Kier molecular flexibility index (Phi) is 10.5. The summed E-state index contributed by atoms with van der Waals surface area (Å²) in [6.07, 6.45) is -11.7. The van der Waals surface area contributed by atoms with Crippen LogP contribution in [0.2, 0.25) is 0 Å². The topological polar surface area (TPSA) is 37.3 Å². The molecule has 1 aliphatic carbocycles. The summed E-state index contributed by atoms with van der Waals surface area (Å²) in [5, 5.41) is 7.93. The first-order valence-electron chi connectivity index (χ1n) is 12.3. The molecule has 0 amide bonds. The minimum absolute atomic E-state index is 0. The summed E-state index contributed by atoms with van der Waals surface area (Å²) in [6, 6.07) is 43.0. The predicted octanol–water partition coefficient (Wildman–Crippen LogP) is 9.34. The molecule has 0 spiro atoms. The number of aliphatic hydroxyl groups is 1. The maximum Gasteiger partial charge on any atom is 0.454 e. The molecule has 4 aromatic carbocycles. The molecule has 4 aromatic rings. The van der Waals surface area contributed by atoms with Gasteiger partial charge < -0.3 is 5.11 Å². The van der Waals surface area contributed by atoms with Gasteiger partial charge in [0.25, 0.3) is 5.78 Å². The Labute approximate surface area is 251 Å². The van der Waals surface area contributed by atoms with E-state index in [9.17, 15) is 31.1 Å². The monoisotopic (exact) mass is 667 g/mol. The van der Waals surface area contributed by atoms with Crippen LogP contribution < -0.4 is 0 Å². The second kappa shape index (κ2) is 13.6. The van der Waals surface area contributed by atoms with E-state index < -0.39 is 30.0 Å². The molecule has 1 aliphatic rings. The van der Waals surface area contributed by atoms with Crippen LogP contribution in [0.4, 0.5) is 26.3 Å². The van der Waals surface area contributed by atoms with Gasteiger partial charge in [0, 0.05) is 25.6 Å². The zero-order valence-electron chi connectivity index (χ0n) is 21.6. The van der Waals surface area contributed by atoms with Gasteiger partial charge in [-0.1, -0.05) is 121 Å². The van der Waals surface area contributed by atoms with Crippen LogP contribution in [0.1, 0.15) is 22.3 Å². The van der Waals surface area contributed by atoms with E-state index in [1.54, 1.807) is 0 Å². The van der Waals surface area contributed by atoms with Crippen LogP contribution >= 0.6 is 0 Å². The number of ketones is 1. The van der Waals surface area contributed by atoms with Crippen molar-refractivity contribution in [3.63, 3.8) is 0 Å². The van der Waals surface area contributed by atoms with Gasteiger partial charge in [-0.2, -0.15) is 26.3 Å². The van der Waals surface area contributed by atoms with Crippen LogP contribution in [-0.4, -0.2) is 23.2 Å². The Balaban J connectivity index is 0.000000297. The summed E-state index contributed by atoms with van der Waals surface area (Å²) in [7, 11) is 0. The molecule has 0 aromatic heterocycles. The molecule has 5 rings (SSSR count). The van der Waals surface area contributed by atoms with Crippen LogP contribution in [0, 0.1) is 0 Å². The maximum absolute atomic E-state index is 11.4. The van der Waals surface area contributed by atoms with Gasteiger partial charge in [-0.05, 0) is 44.5 Å². The molecule has 0 saturated carbocycles. The van der Waals surface area contributed by atoms with Crippen LogP contribution in [0.3, 0.4) is 0 Å². The van der Waals surface area contributed by atoms with Crippen molar-refractivity contribution in [2.24, 2.45) is 0 Å². The number of hydrogen-bond donors (Lipinski definition) is 1. The number of carbonyl (C=O) groups excluding carboxylic acids is 1. The third-order valence-corrected chi connectivity index (χ3v) is 6.09. The van der Waals surface area contributed by atoms with Gasteiger partial charge in [-0.25, -0.2) is 0 Å². The normalized spacial score (nSPS) is 13.4. The van der Waals surface area contributed by atoms with Crippen LogP contribution in [0.5, 0.6) is 0 Å². The molecule has 9 heteroatoms. The third-order valence-electron chi connectivity index (χ3n) is 6.09. The molecule has 0 fully saturated rings. The number of allylic oxidation sites excluding steroid dienone is 6. The number of carbonyl (C=O) groups is 1. The number of hydrogen-bond acceptors (Lipinski definition) is 2. The first kappa shape index (κ1) is 32.3. The van der Waals surface area contributed by atoms with Gasteiger partial charge in [0.15, 0.2) is 0 Å². The second-order valence-electron chi connectivity index (χ2n) is 8.85. The van der Waals surface area contributed by atoms with Crippen molar-refractivity contribution >= 4 is 28.1 Å². The standard InChI is InChI=1S/C28H20.C5H2F6O2.Rh/c1-5-13-21(14-6-1)25-26(22-15-7-2-8-16-22)28(24-19-11-4-12-20-24)27(25)23-17-9-3-10-18-23;6-4(7,8)2(12)1-3(13)5(9,10)11;/h1-20H;1,12H;/b;2-1-;. The zero-order valence-corrected chi connectivity index (χ0v) is 23.2. The number of aliphatic hydroxyl groups excluding tert-OH is 1. The molecule has 42 heavy (non-hydrogen) atoms. The fourth-order valence-corrected chi connectivity index (χ4v) is 4.30. The molecular formula is C33H22F6O2Rh. The number of alkyl halides is 6. The van der Waals surface area contributed by atoms with Gasteiger partial charge in [0.2, 0.25) is 5.76 Å². The quantitative estimate of drug-likeness (QED) is 0.0998. The fraction of sp³-hybridized carbons (Fsp3) is 0.0606. The molecule has 0 aliphatic heterocycles. The minimum atomic E-state index is -5.42. The van der Waals surface area contributed by atoms with Crippen molar-refractivity contribution in [3.8, 4) is 0 Å². The van der Waals surface area contributed by atoms with Crippen LogP contribution in [0.25, 0.3) is 22.3 Å². The van der Waals surface area contributed by atoms with E-state index >= 15 is 0 Å². The molecule has 0 saturated heterocycles. The zero-order chi connectivity index (χ0) is 29.6. The Morgan fingerprint density at radius 2 is 0.714 bits per heavy atom. The average Bonchev–Trinajstić information content (AvgIpc) is 2.94. The Morgan fingerprint density at radius 1 is 0.476 bits per heavy atom.